The number of ether oxygens (including phenoxy) is 3. The van der Waals surface area contributed by atoms with Gasteiger partial charge in [-0.25, -0.2) is 0 Å². The molecule has 0 bridgehead atoms. The number of guanidine groups is 1. The molecule has 0 saturated carbocycles. The molecule has 0 heterocycles. The highest BCUT2D eigenvalue weighted by Crippen LogP contribution is 2.16. The molecule has 1 aromatic carbocycles. The summed E-state index contributed by atoms with van der Waals surface area (Å²) in [4.78, 5) is 4.52. The highest BCUT2D eigenvalue weighted by Gasteiger charge is 1.99. The first kappa shape index (κ1) is 23.8. The smallest absolute Gasteiger partial charge is 0.191 e. The quantitative estimate of drug-likeness (QED) is 0.228. The number of methoxy groups -OCH3 is 1. The fraction of sp³-hybridized carbons (Fsp3) is 0.611. The van der Waals surface area contributed by atoms with E-state index in [1.165, 1.54) is 0 Å². The standard InChI is InChI=1S/C18H31N3O3.HI/c1-5-19-18(20-11-6-13-23-15(2)3)21-12-14-24-17-9-7-16(22-4)8-10-17;/h7-10,15H,5-6,11-14H2,1-4H3,(H2,19,20,21);1H. The Morgan fingerprint density at radius 2 is 1.76 bits per heavy atom. The van der Waals surface area contributed by atoms with Crippen LogP contribution in [0.3, 0.4) is 0 Å². The van der Waals surface area contributed by atoms with Gasteiger partial charge in [-0.1, -0.05) is 0 Å². The van der Waals surface area contributed by atoms with Gasteiger partial charge in [-0.15, -0.1) is 24.0 Å². The van der Waals surface area contributed by atoms with Gasteiger partial charge in [0.2, 0.25) is 0 Å². The molecule has 2 N–H and O–H groups in total. The van der Waals surface area contributed by atoms with Crippen molar-refractivity contribution in [2.45, 2.75) is 33.3 Å². The van der Waals surface area contributed by atoms with E-state index in [0.717, 1.165) is 43.6 Å². The summed E-state index contributed by atoms with van der Waals surface area (Å²) in [6.45, 7) is 9.67. The van der Waals surface area contributed by atoms with Crippen LogP contribution in [0.25, 0.3) is 0 Å². The Balaban J connectivity index is 0.00000576. The third-order valence-electron chi connectivity index (χ3n) is 3.09. The van der Waals surface area contributed by atoms with Crippen LogP contribution in [-0.4, -0.2) is 52.0 Å². The lowest BCUT2D eigenvalue weighted by Gasteiger charge is -2.12. The molecule has 1 rings (SSSR count). The second kappa shape index (κ2) is 15.1. The van der Waals surface area contributed by atoms with E-state index in [2.05, 4.69) is 15.6 Å². The first-order valence-electron chi connectivity index (χ1n) is 8.56. The molecule has 0 radical (unpaired) electrons. The highest BCUT2D eigenvalue weighted by molar-refractivity contribution is 14.0. The minimum atomic E-state index is 0. The van der Waals surface area contributed by atoms with E-state index in [-0.39, 0.29) is 30.1 Å². The fourth-order valence-corrected chi connectivity index (χ4v) is 1.93. The van der Waals surface area contributed by atoms with Crippen LogP contribution in [0.1, 0.15) is 27.2 Å². The van der Waals surface area contributed by atoms with Crippen molar-refractivity contribution in [3.05, 3.63) is 24.3 Å². The summed E-state index contributed by atoms with van der Waals surface area (Å²) >= 11 is 0. The zero-order valence-corrected chi connectivity index (χ0v) is 18.0. The number of hydrogen-bond acceptors (Lipinski definition) is 4. The van der Waals surface area contributed by atoms with Gasteiger partial charge in [0.15, 0.2) is 5.96 Å². The van der Waals surface area contributed by atoms with Crippen LogP contribution in [0.15, 0.2) is 29.3 Å². The van der Waals surface area contributed by atoms with Crippen LogP contribution in [-0.2, 0) is 4.74 Å². The van der Waals surface area contributed by atoms with Crippen LogP contribution in [0, 0.1) is 0 Å². The van der Waals surface area contributed by atoms with Gasteiger partial charge in [-0.05, 0) is 51.5 Å². The number of benzene rings is 1. The van der Waals surface area contributed by atoms with Crippen molar-refractivity contribution in [2.75, 3.05) is 40.0 Å². The molecule has 0 unspecified atom stereocenters. The highest BCUT2D eigenvalue weighted by atomic mass is 127. The summed E-state index contributed by atoms with van der Waals surface area (Å²) < 4.78 is 16.3. The Labute approximate surface area is 168 Å². The van der Waals surface area contributed by atoms with E-state index in [1.54, 1.807) is 7.11 Å². The second-order valence-corrected chi connectivity index (χ2v) is 5.48. The zero-order valence-electron chi connectivity index (χ0n) is 15.7. The zero-order chi connectivity index (χ0) is 17.6. The first-order chi connectivity index (χ1) is 11.7. The Kier molecular flexibility index (Phi) is 14.3. The molecule has 0 aromatic heterocycles. The topological polar surface area (TPSA) is 64.1 Å². The Morgan fingerprint density at radius 3 is 2.36 bits per heavy atom. The molecule has 0 amide bonds. The molecule has 6 nitrogen and oxygen atoms in total. The van der Waals surface area contributed by atoms with Crippen molar-refractivity contribution in [2.24, 2.45) is 4.99 Å². The van der Waals surface area contributed by atoms with E-state index in [0.29, 0.717) is 13.2 Å². The molecule has 0 spiro atoms. The monoisotopic (exact) mass is 465 g/mol. The summed E-state index contributed by atoms with van der Waals surface area (Å²) in [6, 6.07) is 7.56. The van der Waals surface area contributed by atoms with Gasteiger partial charge < -0.3 is 24.8 Å². The summed E-state index contributed by atoms with van der Waals surface area (Å²) in [6.07, 6.45) is 1.19. The van der Waals surface area contributed by atoms with E-state index < -0.39 is 0 Å². The predicted molar refractivity (Wildman–Crippen MR) is 114 cm³/mol. The maximum Gasteiger partial charge on any atom is 0.191 e. The van der Waals surface area contributed by atoms with Crippen LogP contribution in [0.2, 0.25) is 0 Å². The van der Waals surface area contributed by atoms with Crippen molar-refractivity contribution in [3.63, 3.8) is 0 Å². The predicted octanol–water partition coefficient (Wildman–Crippen LogP) is 3.06. The summed E-state index contributed by atoms with van der Waals surface area (Å²) in [5.41, 5.74) is 0. The average molecular weight is 465 g/mol. The van der Waals surface area contributed by atoms with Crippen LogP contribution in [0.5, 0.6) is 11.5 Å². The van der Waals surface area contributed by atoms with Gasteiger partial charge in [0.25, 0.3) is 0 Å². The van der Waals surface area contributed by atoms with Crippen molar-refractivity contribution in [3.8, 4) is 11.5 Å². The molecule has 0 aliphatic heterocycles. The molecular weight excluding hydrogens is 433 g/mol. The lowest BCUT2D eigenvalue weighted by atomic mass is 10.3. The van der Waals surface area contributed by atoms with Gasteiger partial charge in [0.05, 0.1) is 19.8 Å². The van der Waals surface area contributed by atoms with E-state index in [4.69, 9.17) is 14.2 Å². The third-order valence-corrected chi connectivity index (χ3v) is 3.09. The second-order valence-electron chi connectivity index (χ2n) is 5.48. The first-order valence-corrected chi connectivity index (χ1v) is 8.56. The fourth-order valence-electron chi connectivity index (χ4n) is 1.93. The molecule has 0 fully saturated rings. The average Bonchev–Trinajstić information content (AvgIpc) is 2.58. The van der Waals surface area contributed by atoms with Crippen LogP contribution < -0.4 is 20.1 Å². The number of rotatable bonds is 11. The van der Waals surface area contributed by atoms with E-state index in [9.17, 15) is 0 Å². The van der Waals surface area contributed by atoms with Crippen molar-refractivity contribution in [1.82, 2.24) is 10.6 Å². The van der Waals surface area contributed by atoms with Crippen molar-refractivity contribution >= 4 is 29.9 Å². The third kappa shape index (κ3) is 11.9. The largest absolute Gasteiger partial charge is 0.497 e. The minimum Gasteiger partial charge on any atom is -0.497 e. The molecule has 1 aromatic rings. The number of aliphatic imine (C=N–C) groups is 1. The Morgan fingerprint density at radius 1 is 1.08 bits per heavy atom. The Hall–Kier alpha value is -1.22. The number of halogens is 1. The van der Waals surface area contributed by atoms with E-state index in [1.807, 2.05) is 45.0 Å². The van der Waals surface area contributed by atoms with Crippen molar-refractivity contribution in [1.29, 1.82) is 0 Å². The number of hydrogen-bond donors (Lipinski definition) is 2. The molecular formula is C18H32IN3O3. The summed E-state index contributed by atoms with van der Waals surface area (Å²) in [7, 11) is 1.65. The Bertz CT molecular complexity index is 467. The number of nitrogens with one attached hydrogen (secondary N) is 2. The lowest BCUT2D eigenvalue weighted by molar-refractivity contribution is 0.0782. The van der Waals surface area contributed by atoms with Gasteiger partial charge in [0, 0.05) is 19.7 Å². The van der Waals surface area contributed by atoms with Gasteiger partial charge in [0.1, 0.15) is 18.1 Å². The maximum absolute atomic E-state index is 5.68. The van der Waals surface area contributed by atoms with Crippen LogP contribution in [0.4, 0.5) is 0 Å². The maximum atomic E-state index is 5.68. The van der Waals surface area contributed by atoms with Gasteiger partial charge in [-0.2, -0.15) is 0 Å². The van der Waals surface area contributed by atoms with Crippen LogP contribution >= 0.6 is 24.0 Å². The molecule has 0 aliphatic rings. The lowest BCUT2D eigenvalue weighted by Crippen LogP contribution is -2.39. The minimum absolute atomic E-state index is 0. The molecule has 0 atom stereocenters. The molecule has 7 heteroatoms. The molecule has 0 aliphatic carbocycles. The molecule has 0 saturated heterocycles. The van der Waals surface area contributed by atoms with Gasteiger partial charge >= 0.3 is 0 Å². The molecule has 25 heavy (non-hydrogen) atoms. The van der Waals surface area contributed by atoms with E-state index >= 15 is 0 Å². The summed E-state index contributed by atoms with van der Waals surface area (Å²) in [5, 5.41) is 6.48. The van der Waals surface area contributed by atoms with Gasteiger partial charge in [-0.3, -0.25) is 4.99 Å². The normalized spacial score (nSPS) is 11.0. The SMILES string of the molecule is CCNC(=NCCCOC(C)C)NCCOc1ccc(OC)cc1.I. The van der Waals surface area contributed by atoms with Crippen molar-refractivity contribution < 1.29 is 14.2 Å². The summed E-state index contributed by atoms with van der Waals surface area (Å²) in [5.74, 6) is 2.45. The molecule has 144 valence electrons. The number of nitrogens with zero attached hydrogens (tertiary/aromatic N) is 1.